The van der Waals surface area contributed by atoms with Crippen molar-refractivity contribution < 1.29 is 8.78 Å². The zero-order valence-corrected chi connectivity index (χ0v) is 9.89. The highest BCUT2D eigenvalue weighted by Gasteiger charge is 2.13. The number of hydrogen-bond donors (Lipinski definition) is 1. The molecule has 16 heavy (non-hydrogen) atoms. The molecule has 0 aromatic heterocycles. The van der Waals surface area contributed by atoms with Crippen LogP contribution in [-0.2, 0) is 0 Å². The molecule has 90 valence electrons. The summed E-state index contributed by atoms with van der Waals surface area (Å²) in [5.41, 5.74) is 0.556. The van der Waals surface area contributed by atoms with Crippen molar-refractivity contribution >= 4 is 0 Å². The van der Waals surface area contributed by atoms with Crippen LogP contribution in [0.15, 0.2) is 18.2 Å². The van der Waals surface area contributed by atoms with Crippen LogP contribution in [0, 0.1) is 11.6 Å². The Bertz CT molecular complexity index is 326. The Morgan fingerprint density at radius 1 is 1.25 bits per heavy atom. The van der Waals surface area contributed by atoms with E-state index in [0.717, 1.165) is 31.9 Å². The Balaban J connectivity index is 2.70. The van der Waals surface area contributed by atoms with Crippen LogP contribution in [0.1, 0.15) is 44.7 Å². The lowest BCUT2D eigenvalue weighted by atomic mass is 10.0. The number of hydrogen-bond acceptors (Lipinski definition) is 1. The summed E-state index contributed by atoms with van der Waals surface area (Å²) in [6, 6.07) is 3.76. The standard InChI is InChI=1S/C13H19F2N/c1-3-5-8-16-13(4-2)11-7-6-10(14)9-12(11)15/h6-7,9,13,16H,3-5,8H2,1-2H3. The SMILES string of the molecule is CCCCNC(CC)c1ccc(F)cc1F. The summed E-state index contributed by atoms with van der Waals surface area (Å²) in [5, 5.41) is 3.28. The number of benzene rings is 1. The van der Waals surface area contributed by atoms with E-state index in [1.54, 1.807) is 0 Å². The van der Waals surface area contributed by atoms with Gasteiger partial charge in [-0.25, -0.2) is 8.78 Å². The van der Waals surface area contributed by atoms with Crippen molar-refractivity contribution in [2.75, 3.05) is 6.54 Å². The minimum absolute atomic E-state index is 0.0212. The number of rotatable bonds is 6. The average Bonchev–Trinajstić information content (AvgIpc) is 2.26. The van der Waals surface area contributed by atoms with Gasteiger partial charge in [0.1, 0.15) is 11.6 Å². The second kappa shape index (κ2) is 6.59. The molecule has 0 radical (unpaired) electrons. The molecule has 0 aliphatic rings. The van der Waals surface area contributed by atoms with Crippen molar-refractivity contribution in [3.05, 3.63) is 35.4 Å². The maximum absolute atomic E-state index is 13.5. The predicted octanol–water partition coefficient (Wildman–Crippen LogP) is 3.81. The third-order valence-corrected chi connectivity index (χ3v) is 2.67. The maximum Gasteiger partial charge on any atom is 0.130 e. The van der Waals surface area contributed by atoms with Gasteiger partial charge >= 0.3 is 0 Å². The number of unbranched alkanes of at least 4 members (excludes halogenated alkanes) is 1. The second-order valence-electron chi connectivity index (χ2n) is 3.93. The zero-order valence-electron chi connectivity index (χ0n) is 9.89. The first-order valence-corrected chi connectivity index (χ1v) is 5.87. The lowest BCUT2D eigenvalue weighted by Gasteiger charge is -2.17. The number of nitrogens with one attached hydrogen (secondary N) is 1. The summed E-state index contributed by atoms with van der Waals surface area (Å²) in [7, 11) is 0. The molecule has 1 aromatic rings. The predicted molar refractivity (Wildman–Crippen MR) is 62.3 cm³/mol. The van der Waals surface area contributed by atoms with Gasteiger partial charge in [0.25, 0.3) is 0 Å². The molecule has 1 unspecified atom stereocenters. The van der Waals surface area contributed by atoms with Gasteiger partial charge in [0.05, 0.1) is 0 Å². The third kappa shape index (κ3) is 3.56. The van der Waals surface area contributed by atoms with E-state index in [1.807, 2.05) is 6.92 Å². The van der Waals surface area contributed by atoms with Gasteiger partial charge in [-0.15, -0.1) is 0 Å². The monoisotopic (exact) mass is 227 g/mol. The molecular formula is C13H19F2N. The Morgan fingerprint density at radius 3 is 2.56 bits per heavy atom. The van der Waals surface area contributed by atoms with E-state index in [0.29, 0.717) is 5.56 Å². The van der Waals surface area contributed by atoms with Gasteiger partial charge in [-0.2, -0.15) is 0 Å². The van der Waals surface area contributed by atoms with E-state index in [1.165, 1.54) is 12.1 Å². The molecule has 0 saturated heterocycles. The van der Waals surface area contributed by atoms with E-state index in [2.05, 4.69) is 12.2 Å². The molecule has 1 N–H and O–H groups in total. The summed E-state index contributed by atoms with van der Waals surface area (Å²) in [6.07, 6.45) is 2.97. The van der Waals surface area contributed by atoms with Gasteiger partial charge in [0, 0.05) is 17.7 Å². The van der Waals surface area contributed by atoms with Gasteiger partial charge in [0.15, 0.2) is 0 Å². The van der Waals surface area contributed by atoms with Crippen molar-refractivity contribution in [3.63, 3.8) is 0 Å². The molecule has 1 atom stereocenters. The van der Waals surface area contributed by atoms with Crippen LogP contribution < -0.4 is 5.32 Å². The van der Waals surface area contributed by atoms with Gasteiger partial charge in [0.2, 0.25) is 0 Å². The molecule has 1 nitrogen and oxygen atoms in total. The first kappa shape index (κ1) is 13.1. The fourth-order valence-corrected chi connectivity index (χ4v) is 1.71. The van der Waals surface area contributed by atoms with Gasteiger partial charge in [-0.05, 0) is 25.5 Å². The highest BCUT2D eigenvalue weighted by molar-refractivity contribution is 5.22. The summed E-state index contributed by atoms with van der Waals surface area (Å²) < 4.78 is 26.3. The van der Waals surface area contributed by atoms with Crippen LogP contribution in [0.5, 0.6) is 0 Å². The highest BCUT2D eigenvalue weighted by atomic mass is 19.1. The molecule has 0 fully saturated rings. The first-order chi connectivity index (χ1) is 7.69. The fourth-order valence-electron chi connectivity index (χ4n) is 1.71. The quantitative estimate of drug-likeness (QED) is 0.729. The molecular weight excluding hydrogens is 208 g/mol. The van der Waals surface area contributed by atoms with E-state index >= 15 is 0 Å². The van der Waals surface area contributed by atoms with Crippen LogP contribution in [-0.4, -0.2) is 6.54 Å². The lowest BCUT2D eigenvalue weighted by molar-refractivity contribution is 0.477. The van der Waals surface area contributed by atoms with Crippen molar-refractivity contribution in [1.29, 1.82) is 0 Å². The van der Waals surface area contributed by atoms with E-state index in [-0.39, 0.29) is 6.04 Å². The molecule has 1 rings (SSSR count). The Morgan fingerprint density at radius 2 is 2.00 bits per heavy atom. The zero-order chi connectivity index (χ0) is 12.0. The second-order valence-corrected chi connectivity index (χ2v) is 3.93. The summed E-state index contributed by atoms with van der Waals surface area (Å²) in [6.45, 7) is 4.97. The molecule has 1 aromatic carbocycles. The van der Waals surface area contributed by atoms with E-state index in [9.17, 15) is 8.78 Å². The lowest BCUT2D eigenvalue weighted by Crippen LogP contribution is -2.22. The van der Waals surface area contributed by atoms with Crippen molar-refractivity contribution in [1.82, 2.24) is 5.32 Å². The topological polar surface area (TPSA) is 12.0 Å². The van der Waals surface area contributed by atoms with Crippen molar-refractivity contribution in [2.24, 2.45) is 0 Å². The summed E-state index contributed by atoms with van der Waals surface area (Å²) in [4.78, 5) is 0. The Hall–Kier alpha value is -0.960. The van der Waals surface area contributed by atoms with Gasteiger partial charge < -0.3 is 5.32 Å². The molecule has 0 aliphatic carbocycles. The molecule has 0 heterocycles. The summed E-state index contributed by atoms with van der Waals surface area (Å²) in [5.74, 6) is -0.986. The van der Waals surface area contributed by atoms with Crippen LogP contribution in [0.25, 0.3) is 0 Å². The molecule has 0 amide bonds. The Kier molecular flexibility index (Phi) is 5.39. The van der Waals surface area contributed by atoms with Crippen molar-refractivity contribution in [2.45, 2.75) is 39.2 Å². The van der Waals surface area contributed by atoms with Crippen molar-refractivity contribution in [3.8, 4) is 0 Å². The largest absolute Gasteiger partial charge is 0.310 e. The number of halogens is 2. The highest BCUT2D eigenvalue weighted by Crippen LogP contribution is 2.20. The normalized spacial score (nSPS) is 12.8. The minimum atomic E-state index is -0.523. The summed E-state index contributed by atoms with van der Waals surface area (Å²) >= 11 is 0. The smallest absolute Gasteiger partial charge is 0.130 e. The Labute approximate surface area is 95.9 Å². The van der Waals surface area contributed by atoms with Crippen LogP contribution >= 0.6 is 0 Å². The maximum atomic E-state index is 13.5. The van der Waals surface area contributed by atoms with E-state index < -0.39 is 11.6 Å². The molecule has 0 aliphatic heterocycles. The third-order valence-electron chi connectivity index (χ3n) is 2.67. The molecule has 0 saturated carbocycles. The molecule has 0 bridgehead atoms. The molecule has 3 heteroatoms. The van der Waals surface area contributed by atoms with E-state index in [4.69, 9.17) is 0 Å². The minimum Gasteiger partial charge on any atom is -0.310 e. The first-order valence-electron chi connectivity index (χ1n) is 5.87. The van der Waals surface area contributed by atoms with Crippen LogP contribution in [0.2, 0.25) is 0 Å². The molecule has 0 spiro atoms. The fraction of sp³-hybridized carbons (Fsp3) is 0.538. The van der Waals surface area contributed by atoms with Crippen LogP contribution in [0.3, 0.4) is 0 Å². The average molecular weight is 227 g/mol. The van der Waals surface area contributed by atoms with Gasteiger partial charge in [-0.3, -0.25) is 0 Å². The van der Waals surface area contributed by atoms with Gasteiger partial charge in [-0.1, -0.05) is 26.3 Å². The van der Waals surface area contributed by atoms with Crippen LogP contribution in [0.4, 0.5) is 8.78 Å².